The highest BCUT2D eigenvalue weighted by Crippen LogP contribution is 2.46. The molecule has 5 nitrogen and oxygen atoms in total. The van der Waals surface area contributed by atoms with Gasteiger partial charge in [0.15, 0.2) is 0 Å². The van der Waals surface area contributed by atoms with Gasteiger partial charge in [0.1, 0.15) is 0 Å². The summed E-state index contributed by atoms with van der Waals surface area (Å²) in [6.07, 6.45) is -10.2. The zero-order valence-electron chi connectivity index (χ0n) is 14.7. The Morgan fingerprint density at radius 2 is 1.44 bits per heavy atom. The second kappa shape index (κ2) is 6.98. The zero-order chi connectivity index (χ0) is 20.6. The van der Waals surface area contributed by atoms with Gasteiger partial charge in [-0.2, -0.15) is 30.4 Å². The van der Waals surface area contributed by atoms with E-state index in [4.69, 9.17) is 4.55 Å². The van der Waals surface area contributed by atoms with Crippen LogP contribution in [0.15, 0.2) is 0 Å². The summed E-state index contributed by atoms with van der Waals surface area (Å²) < 4.78 is 99.6. The summed E-state index contributed by atoms with van der Waals surface area (Å²) in [5.74, 6) is -1.82. The van der Waals surface area contributed by atoms with E-state index in [1.807, 2.05) is 0 Å². The predicted molar refractivity (Wildman–Crippen MR) is 79.4 cm³/mol. The van der Waals surface area contributed by atoms with Crippen LogP contribution in [-0.4, -0.2) is 36.5 Å². The van der Waals surface area contributed by atoms with Crippen molar-refractivity contribution in [1.29, 1.82) is 0 Å². The topological polar surface area (TPSA) is 80.7 Å². The highest BCUT2D eigenvalue weighted by atomic mass is 32.2. The van der Waals surface area contributed by atoms with Gasteiger partial charge in [0.25, 0.3) is 6.10 Å². The van der Waals surface area contributed by atoms with E-state index < -0.39 is 44.5 Å². The second-order valence-electron chi connectivity index (χ2n) is 7.54. The monoisotopic (exact) mass is 398 g/mol. The molecule has 0 radical (unpaired) electrons. The van der Waals surface area contributed by atoms with Crippen molar-refractivity contribution >= 4 is 16.1 Å². The van der Waals surface area contributed by atoms with Crippen molar-refractivity contribution in [2.45, 2.75) is 65.5 Å². The Labute approximate surface area is 143 Å². The van der Waals surface area contributed by atoms with Crippen LogP contribution in [0, 0.1) is 16.7 Å². The van der Waals surface area contributed by atoms with Crippen molar-refractivity contribution in [3.63, 3.8) is 0 Å². The van der Waals surface area contributed by atoms with E-state index in [1.165, 1.54) is 27.7 Å². The zero-order valence-corrected chi connectivity index (χ0v) is 15.6. The van der Waals surface area contributed by atoms with Crippen LogP contribution in [0.2, 0.25) is 0 Å². The summed E-state index contributed by atoms with van der Waals surface area (Å²) in [4.78, 5) is 12.3. The standard InChI is InChI=1S/C14H23F5O5S/c1-8(2)7-12(6,11(3,4)5)10(20)24-9(13(15,16)17)14(18,19)25(21,22)23/h8-9H,7H2,1-6H3,(H,21,22,23). The van der Waals surface area contributed by atoms with Crippen LogP contribution in [-0.2, 0) is 19.6 Å². The first kappa shape index (κ1) is 24.0. The number of hydrogen-bond donors (Lipinski definition) is 1. The first-order chi connectivity index (χ1) is 10.7. The first-order valence-corrected chi connectivity index (χ1v) is 8.74. The fourth-order valence-corrected chi connectivity index (χ4v) is 2.66. The molecule has 2 atom stereocenters. The van der Waals surface area contributed by atoms with Crippen molar-refractivity contribution in [3.8, 4) is 0 Å². The third-order valence-electron chi connectivity index (χ3n) is 4.09. The van der Waals surface area contributed by atoms with E-state index >= 15 is 0 Å². The third kappa shape index (κ3) is 5.25. The number of hydrogen-bond acceptors (Lipinski definition) is 4. The minimum absolute atomic E-state index is 0.0113. The maximum absolute atomic E-state index is 13.6. The second-order valence-corrected chi connectivity index (χ2v) is 9.04. The van der Waals surface area contributed by atoms with Gasteiger partial charge in [-0.15, -0.1) is 0 Å². The molecule has 0 aromatic carbocycles. The third-order valence-corrected chi connectivity index (χ3v) is 5.00. The summed E-state index contributed by atoms with van der Waals surface area (Å²) in [5, 5.41) is -5.74. The molecule has 0 heterocycles. The van der Waals surface area contributed by atoms with Crippen molar-refractivity contribution in [1.82, 2.24) is 0 Å². The summed E-state index contributed by atoms with van der Waals surface area (Å²) in [6, 6.07) is 0. The van der Waals surface area contributed by atoms with Crippen LogP contribution in [0.25, 0.3) is 0 Å². The maximum Gasteiger partial charge on any atom is 0.432 e. The van der Waals surface area contributed by atoms with Gasteiger partial charge >= 0.3 is 27.5 Å². The molecule has 150 valence electrons. The first-order valence-electron chi connectivity index (χ1n) is 7.30. The molecule has 0 rings (SSSR count). The lowest BCUT2D eigenvalue weighted by atomic mass is 9.64. The number of halogens is 5. The number of rotatable bonds is 6. The molecule has 0 aromatic rings. The Balaban J connectivity index is 6.06. The molecule has 25 heavy (non-hydrogen) atoms. The van der Waals surface area contributed by atoms with Gasteiger partial charge in [0.2, 0.25) is 0 Å². The van der Waals surface area contributed by atoms with E-state index in [1.54, 1.807) is 13.8 Å². The average Bonchev–Trinajstić information content (AvgIpc) is 2.29. The SMILES string of the molecule is CC(C)CC(C)(C(=O)OC(C(F)(F)F)C(F)(F)S(=O)(=O)O)C(C)(C)C. The molecule has 0 spiro atoms. The van der Waals surface area contributed by atoms with Crippen molar-refractivity contribution < 1.29 is 44.5 Å². The Kier molecular flexibility index (Phi) is 6.70. The number of ether oxygens (including phenoxy) is 1. The number of carbonyl (C=O) groups excluding carboxylic acids is 1. The quantitative estimate of drug-likeness (QED) is 0.415. The molecule has 0 saturated heterocycles. The van der Waals surface area contributed by atoms with Crippen molar-refractivity contribution in [2.24, 2.45) is 16.7 Å². The predicted octanol–water partition coefficient (Wildman–Crippen LogP) is 4.04. The van der Waals surface area contributed by atoms with Gasteiger partial charge in [-0.05, 0) is 24.7 Å². The molecule has 0 aliphatic carbocycles. The van der Waals surface area contributed by atoms with E-state index in [2.05, 4.69) is 4.74 Å². The molecule has 0 bridgehead atoms. The van der Waals surface area contributed by atoms with Gasteiger partial charge < -0.3 is 4.74 Å². The number of alkyl halides is 5. The minimum atomic E-state index is -6.46. The molecular weight excluding hydrogens is 375 g/mol. The summed E-state index contributed by atoms with van der Waals surface area (Å²) in [5.41, 5.74) is -2.59. The largest absolute Gasteiger partial charge is 0.444 e. The van der Waals surface area contributed by atoms with Crippen molar-refractivity contribution in [2.75, 3.05) is 0 Å². The molecule has 0 aliphatic heterocycles. The fraction of sp³-hybridized carbons (Fsp3) is 0.929. The van der Waals surface area contributed by atoms with Crippen LogP contribution in [0.3, 0.4) is 0 Å². The summed E-state index contributed by atoms with van der Waals surface area (Å²) >= 11 is 0. The van der Waals surface area contributed by atoms with Crippen LogP contribution >= 0.6 is 0 Å². The number of carbonyl (C=O) groups is 1. The smallest absolute Gasteiger partial charge is 0.432 e. The Morgan fingerprint density at radius 3 is 1.68 bits per heavy atom. The lowest BCUT2D eigenvalue weighted by Gasteiger charge is -2.42. The Bertz CT molecular complexity index is 592. The van der Waals surface area contributed by atoms with Gasteiger partial charge in [-0.25, -0.2) is 0 Å². The number of esters is 1. The molecule has 2 unspecified atom stereocenters. The maximum atomic E-state index is 13.6. The highest BCUT2D eigenvalue weighted by molar-refractivity contribution is 7.86. The van der Waals surface area contributed by atoms with Crippen LogP contribution in [0.1, 0.15) is 48.0 Å². The molecule has 0 saturated carbocycles. The molecule has 0 aromatic heterocycles. The molecule has 0 amide bonds. The van der Waals surface area contributed by atoms with Gasteiger partial charge in [0, 0.05) is 0 Å². The van der Waals surface area contributed by atoms with Crippen molar-refractivity contribution in [3.05, 3.63) is 0 Å². The van der Waals surface area contributed by atoms with Crippen LogP contribution in [0.4, 0.5) is 22.0 Å². The molecule has 0 fully saturated rings. The van der Waals surface area contributed by atoms with E-state index in [0.717, 1.165) is 0 Å². The molecule has 11 heteroatoms. The lowest BCUT2D eigenvalue weighted by Crippen LogP contribution is -2.55. The average molecular weight is 398 g/mol. The Hall–Kier alpha value is -0.970. The van der Waals surface area contributed by atoms with Crippen LogP contribution in [0.5, 0.6) is 0 Å². The normalized spacial score (nSPS) is 18.0. The molecular formula is C14H23F5O5S. The molecule has 0 aliphatic rings. The van der Waals surface area contributed by atoms with E-state index in [0.29, 0.717) is 0 Å². The lowest BCUT2D eigenvalue weighted by molar-refractivity contribution is -0.265. The van der Waals surface area contributed by atoms with Gasteiger partial charge in [-0.1, -0.05) is 34.6 Å². The van der Waals surface area contributed by atoms with Gasteiger partial charge in [0.05, 0.1) is 5.41 Å². The fourth-order valence-electron chi connectivity index (χ4n) is 2.21. The summed E-state index contributed by atoms with van der Waals surface area (Å²) in [7, 11) is -6.46. The molecule has 1 N–H and O–H groups in total. The van der Waals surface area contributed by atoms with E-state index in [-0.39, 0.29) is 12.3 Å². The van der Waals surface area contributed by atoms with E-state index in [9.17, 15) is 35.2 Å². The van der Waals surface area contributed by atoms with Gasteiger partial charge in [-0.3, -0.25) is 9.35 Å². The highest BCUT2D eigenvalue weighted by Gasteiger charge is 2.67. The summed E-state index contributed by atoms with van der Waals surface area (Å²) in [6.45, 7) is 9.14. The van der Waals surface area contributed by atoms with Crippen LogP contribution < -0.4 is 0 Å². The minimum Gasteiger partial charge on any atom is -0.444 e. The Morgan fingerprint density at radius 1 is 1.04 bits per heavy atom.